The van der Waals surface area contributed by atoms with Gasteiger partial charge in [-0.2, -0.15) is 13.2 Å². The smallest absolute Gasteiger partial charge is 0.352 e. The van der Waals surface area contributed by atoms with Gasteiger partial charge in [0.1, 0.15) is 0 Å². The van der Waals surface area contributed by atoms with Gasteiger partial charge in [-0.25, -0.2) is 8.42 Å². The topological polar surface area (TPSA) is 66.5 Å². The van der Waals surface area contributed by atoms with Crippen LogP contribution in [-0.2, 0) is 22.7 Å². The third-order valence-electron chi connectivity index (χ3n) is 5.52. The molecule has 2 rings (SSSR count). The zero-order valence-electron chi connectivity index (χ0n) is 19.2. The van der Waals surface area contributed by atoms with Crippen molar-refractivity contribution in [2.75, 3.05) is 17.1 Å². The number of carbonyl (C=O) groups excluding carboxylic acids is 1. The zero-order valence-corrected chi connectivity index (χ0v) is 20.0. The highest BCUT2D eigenvalue weighted by Crippen LogP contribution is 2.37. The van der Waals surface area contributed by atoms with E-state index in [1.165, 1.54) is 12.1 Å². The number of rotatable bonds is 11. The number of benzene rings is 2. The van der Waals surface area contributed by atoms with E-state index < -0.39 is 27.5 Å². The van der Waals surface area contributed by atoms with E-state index >= 15 is 0 Å². The molecule has 1 atom stereocenters. The Bertz CT molecular complexity index is 1020. The first-order valence-electron chi connectivity index (χ1n) is 11.0. The first kappa shape index (κ1) is 26.7. The molecule has 0 bridgehead atoms. The molecule has 0 fully saturated rings. The van der Waals surface area contributed by atoms with Crippen LogP contribution in [0.1, 0.15) is 61.0 Å². The predicted octanol–water partition coefficient (Wildman–Crippen LogP) is 5.62. The highest BCUT2D eigenvalue weighted by atomic mass is 32.2. The summed E-state index contributed by atoms with van der Waals surface area (Å²) in [6.07, 6.45) is 0.397. The van der Waals surface area contributed by atoms with Gasteiger partial charge in [0.25, 0.3) is 5.91 Å². The Morgan fingerprint density at radius 1 is 1.06 bits per heavy atom. The monoisotopic (exact) mass is 484 g/mol. The van der Waals surface area contributed by atoms with Crippen molar-refractivity contribution < 1.29 is 26.4 Å². The summed E-state index contributed by atoms with van der Waals surface area (Å²) in [6.45, 7) is 4.50. The SMILES string of the molecule is CCCC[C@@H](CC)CNC(=O)c1ccc(CN(c2ccccc2C(F)(F)F)S(C)(=O)=O)cc1. The largest absolute Gasteiger partial charge is 0.418 e. The Balaban J connectivity index is 2.17. The second-order valence-corrected chi connectivity index (χ2v) is 10.0. The number of sulfonamides is 1. The van der Waals surface area contributed by atoms with Crippen molar-refractivity contribution in [2.24, 2.45) is 5.92 Å². The summed E-state index contributed by atoms with van der Waals surface area (Å²) < 4.78 is 65.7. The number of hydrogen-bond acceptors (Lipinski definition) is 3. The van der Waals surface area contributed by atoms with E-state index in [1.54, 1.807) is 24.3 Å². The van der Waals surface area contributed by atoms with Gasteiger partial charge in [0.05, 0.1) is 24.1 Å². The lowest BCUT2D eigenvalue weighted by Gasteiger charge is -2.25. The van der Waals surface area contributed by atoms with Crippen LogP contribution >= 0.6 is 0 Å². The quantitative estimate of drug-likeness (QED) is 0.450. The zero-order chi connectivity index (χ0) is 24.6. The lowest BCUT2D eigenvalue weighted by molar-refractivity contribution is -0.137. The average Bonchev–Trinajstić information content (AvgIpc) is 2.76. The number of carbonyl (C=O) groups is 1. The molecule has 0 heterocycles. The fraction of sp³-hybridized carbons (Fsp3) is 0.458. The maximum Gasteiger partial charge on any atom is 0.418 e. The fourth-order valence-corrected chi connectivity index (χ4v) is 4.42. The molecule has 1 N–H and O–H groups in total. The van der Waals surface area contributed by atoms with Gasteiger partial charge in [0.2, 0.25) is 10.0 Å². The second-order valence-electron chi connectivity index (χ2n) is 8.11. The average molecular weight is 485 g/mol. The van der Waals surface area contributed by atoms with Gasteiger partial charge in [-0.05, 0) is 42.2 Å². The molecular weight excluding hydrogens is 453 g/mol. The van der Waals surface area contributed by atoms with Crippen molar-refractivity contribution in [3.8, 4) is 0 Å². The number of nitrogens with one attached hydrogen (secondary N) is 1. The minimum atomic E-state index is -4.70. The van der Waals surface area contributed by atoms with E-state index in [1.807, 2.05) is 0 Å². The second kappa shape index (κ2) is 11.5. The van der Waals surface area contributed by atoms with Crippen LogP contribution < -0.4 is 9.62 Å². The molecule has 0 aliphatic heterocycles. The molecule has 0 spiro atoms. The van der Waals surface area contributed by atoms with Gasteiger partial charge in [-0.3, -0.25) is 9.10 Å². The van der Waals surface area contributed by atoms with Gasteiger partial charge in [-0.1, -0.05) is 57.4 Å². The molecule has 2 aromatic rings. The van der Waals surface area contributed by atoms with Crippen LogP contribution in [0.4, 0.5) is 18.9 Å². The fourth-order valence-electron chi connectivity index (χ4n) is 3.52. The number of hydrogen-bond donors (Lipinski definition) is 1. The van der Waals surface area contributed by atoms with Crippen LogP contribution in [0.5, 0.6) is 0 Å². The van der Waals surface area contributed by atoms with Crippen molar-refractivity contribution in [1.29, 1.82) is 0 Å². The van der Waals surface area contributed by atoms with Crippen LogP contribution in [0, 0.1) is 5.92 Å². The molecule has 0 aromatic heterocycles. The van der Waals surface area contributed by atoms with Gasteiger partial charge >= 0.3 is 6.18 Å². The minimum absolute atomic E-state index is 0.237. The molecule has 0 saturated carbocycles. The van der Waals surface area contributed by atoms with Crippen molar-refractivity contribution in [3.05, 3.63) is 65.2 Å². The summed E-state index contributed by atoms with van der Waals surface area (Å²) in [7, 11) is -4.00. The molecular formula is C24H31F3N2O3S. The highest BCUT2D eigenvalue weighted by molar-refractivity contribution is 7.92. The number of anilines is 1. The number of amides is 1. The number of para-hydroxylation sites is 1. The van der Waals surface area contributed by atoms with Crippen LogP contribution in [0.3, 0.4) is 0 Å². The first-order valence-corrected chi connectivity index (χ1v) is 12.8. The standard InChI is InChI=1S/C24H31F3N2O3S/c1-4-6-9-18(5-2)16-28-23(30)20-14-12-19(13-15-20)17-29(33(3,31)32)22-11-8-7-10-21(22)24(25,26)27/h7-8,10-15,18H,4-6,9,16-17H2,1-3H3,(H,28,30)/t18-/m1/s1. The van der Waals surface area contributed by atoms with Crippen LogP contribution in [0.15, 0.2) is 48.5 Å². The summed E-state index contributed by atoms with van der Waals surface area (Å²) in [5.41, 5.74) is -0.596. The van der Waals surface area contributed by atoms with E-state index in [0.717, 1.165) is 48.4 Å². The molecule has 1 amide bonds. The van der Waals surface area contributed by atoms with E-state index in [9.17, 15) is 26.4 Å². The van der Waals surface area contributed by atoms with E-state index in [0.29, 0.717) is 23.6 Å². The molecule has 2 aromatic carbocycles. The first-order chi connectivity index (χ1) is 15.5. The third kappa shape index (κ3) is 7.77. The molecule has 5 nitrogen and oxygen atoms in total. The van der Waals surface area contributed by atoms with E-state index in [2.05, 4.69) is 19.2 Å². The molecule has 0 aliphatic carbocycles. The van der Waals surface area contributed by atoms with Crippen molar-refractivity contribution in [3.63, 3.8) is 0 Å². The Labute approximate surface area is 194 Å². The molecule has 0 saturated heterocycles. The molecule has 0 unspecified atom stereocenters. The molecule has 0 radical (unpaired) electrons. The number of halogens is 3. The van der Waals surface area contributed by atoms with E-state index in [4.69, 9.17) is 0 Å². The molecule has 9 heteroatoms. The van der Waals surface area contributed by atoms with Gasteiger partial charge < -0.3 is 5.32 Å². The van der Waals surface area contributed by atoms with Gasteiger partial charge in [0, 0.05) is 12.1 Å². The summed E-state index contributed by atoms with van der Waals surface area (Å²) >= 11 is 0. The Morgan fingerprint density at radius 2 is 1.70 bits per heavy atom. The summed E-state index contributed by atoms with van der Waals surface area (Å²) in [4.78, 5) is 12.5. The maximum atomic E-state index is 13.4. The molecule has 0 aliphatic rings. The summed E-state index contributed by atoms with van der Waals surface area (Å²) in [5.74, 6) is 0.170. The number of unbranched alkanes of at least 4 members (excludes halogenated alkanes) is 1. The van der Waals surface area contributed by atoms with Gasteiger partial charge in [-0.15, -0.1) is 0 Å². The number of nitrogens with zero attached hydrogens (tertiary/aromatic N) is 1. The van der Waals surface area contributed by atoms with Crippen molar-refractivity contribution in [1.82, 2.24) is 5.32 Å². The Kier molecular flexibility index (Phi) is 9.34. The number of alkyl halides is 3. The lowest BCUT2D eigenvalue weighted by atomic mass is 9.99. The van der Waals surface area contributed by atoms with Crippen LogP contribution in [-0.4, -0.2) is 27.1 Å². The van der Waals surface area contributed by atoms with Crippen molar-refractivity contribution in [2.45, 2.75) is 52.3 Å². The Morgan fingerprint density at radius 3 is 2.24 bits per heavy atom. The maximum absolute atomic E-state index is 13.4. The van der Waals surface area contributed by atoms with Gasteiger partial charge in [0.15, 0.2) is 0 Å². The van der Waals surface area contributed by atoms with Crippen LogP contribution in [0.2, 0.25) is 0 Å². The lowest BCUT2D eigenvalue weighted by Crippen LogP contribution is -2.31. The summed E-state index contributed by atoms with van der Waals surface area (Å²) in [5, 5.41) is 2.92. The van der Waals surface area contributed by atoms with E-state index in [-0.39, 0.29) is 12.5 Å². The minimum Gasteiger partial charge on any atom is -0.352 e. The Hall–Kier alpha value is -2.55. The highest BCUT2D eigenvalue weighted by Gasteiger charge is 2.36. The third-order valence-corrected chi connectivity index (χ3v) is 6.64. The molecule has 182 valence electrons. The van der Waals surface area contributed by atoms with Crippen LogP contribution in [0.25, 0.3) is 0 Å². The predicted molar refractivity (Wildman–Crippen MR) is 125 cm³/mol. The molecule has 33 heavy (non-hydrogen) atoms. The summed E-state index contributed by atoms with van der Waals surface area (Å²) in [6, 6.07) is 10.8. The normalized spacial score (nSPS) is 12.9. The van der Waals surface area contributed by atoms with Crippen molar-refractivity contribution >= 4 is 21.6 Å².